The van der Waals surface area contributed by atoms with Gasteiger partial charge in [-0.3, -0.25) is 0 Å². The van der Waals surface area contributed by atoms with Crippen LogP contribution < -0.4 is 11.1 Å². The standard InChI is InChI=1S/C12H18N4/c13-11-2-1-3-12(15-11)14-10-8-16-6-4-9(10)5-7-16/h1-3,9-10H,4-8H2,(H3,13,14,15). The van der Waals surface area contributed by atoms with Crippen LogP contribution in [0, 0.1) is 5.92 Å². The van der Waals surface area contributed by atoms with Crippen LogP contribution in [0.15, 0.2) is 18.2 Å². The van der Waals surface area contributed by atoms with Crippen LogP contribution in [0.1, 0.15) is 12.8 Å². The molecule has 0 spiro atoms. The Morgan fingerprint density at radius 3 is 2.75 bits per heavy atom. The average molecular weight is 218 g/mol. The van der Waals surface area contributed by atoms with Crippen molar-refractivity contribution >= 4 is 11.6 Å². The molecule has 3 aliphatic heterocycles. The Labute approximate surface area is 95.8 Å². The number of piperidine rings is 3. The van der Waals surface area contributed by atoms with Crippen molar-refractivity contribution < 1.29 is 0 Å². The second-order valence-corrected chi connectivity index (χ2v) is 4.84. The van der Waals surface area contributed by atoms with Crippen molar-refractivity contribution in [3.05, 3.63) is 18.2 Å². The van der Waals surface area contributed by atoms with E-state index in [0.29, 0.717) is 11.9 Å². The van der Waals surface area contributed by atoms with Crippen molar-refractivity contribution in [2.45, 2.75) is 18.9 Å². The molecule has 1 unspecified atom stereocenters. The third-order valence-corrected chi connectivity index (χ3v) is 3.76. The van der Waals surface area contributed by atoms with Crippen molar-refractivity contribution in [1.29, 1.82) is 0 Å². The Hall–Kier alpha value is -1.29. The van der Waals surface area contributed by atoms with E-state index in [1.807, 2.05) is 18.2 Å². The molecule has 0 aromatic carbocycles. The van der Waals surface area contributed by atoms with E-state index in [1.165, 1.54) is 25.9 Å². The van der Waals surface area contributed by atoms with Gasteiger partial charge in [-0.15, -0.1) is 0 Å². The molecule has 0 amide bonds. The minimum absolute atomic E-state index is 0.553. The van der Waals surface area contributed by atoms with Gasteiger partial charge in [0.05, 0.1) is 0 Å². The fourth-order valence-electron chi connectivity index (χ4n) is 2.85. The Kier molecular flexibility index (Phi) is 2.44. The maximum atomic E-state index is 5.68. The maximum Gasteiger partial charge on any atom is 0.128 e. The van der Waals surface area contributed by atoms with E-state index in [1.54, 1.807) is 0 Å². The third kappa shape index (κ3) is 1.85. The van der Waals surface area contributed by atoms with Crippen LogP contribution in [-0.4, -0.2) is 35.6 Å². The number of nitrogens with two attached hydrogens (primary N) is 1. The van der Waals surface area contributed by atoms with Crippen LogP contribution in [0.5, 0.6) is 0 Å². The van der Waals surface area contributed by atoms with E-state index < -0.39 is 0 Å². The van der Waals surface area contributed by atoms with Crippen molar-refractivity contribution in [2.75, 3.05) is 30.7 Å². The fourth-order valence-corrected chi connectivity index (χ4v) is 2.85. The predicted molar refractivity (Wildman–Crippen MR) is 65.2 cm³/mol. The predicted octanol–water partition coefficient (Wildman–Crippen LogP) is 1.17. The minimum Gasteiger partial charge on any atom is -0.384 e. The molecule has 1 atom stereocenters. The zero-order chi connectivity index (χ0) is 11.0. The molecule has 1 aromatic heterocycles. The summed E-state index contributed by atoms with van der Waals surface area (Å²) in [6, 6.07) is 6.32. The second kappa shape index (κ2) is 3.94. The van der Waals surface area contributed by atoms with Crippen LogP contribution >= 0.6 is 0 Å². The monoisotopic (exact) mass is 218 g/mol. The molecule has 3 fully saturated rings. The first-order valence-corrected chi connectivity index (χ1v) is 6.03. The topological polar surface area (TPSA) is 54.2 Å². The zero-order valence-electron chi connectivity index (χ0n) is 9.39. The molecule has 4 heteroatoms. The van der Waals surface area contributed by atoms with Gasteiger partial charge in [-0.1, -0.05) is 6.07 Å². The van der Waals surface area contributed by atoms with E-state index in [0.717, 1.165) is 18.3 Å². The molecule has 16 heavy (non-hydrogen) atoms. The lowest BCUT2D eigenvalue weighted by atomic mass is 9.84. The van der Waals surface area contributed by atoms with Gasteiger partial charge >= 0.3 is 0 Å². The van der Waals surface area contributed by atoms with Crippen LogP contribution in [0.4, 0.5) is 11.6 Å². The highest BCUT2D eigenvalue weighted by Crippen LogP contribution is 2.29. The molecule has 86 valence electrons. The summed E-state index contributed by atoms with van der Waals surface area (Å²) in [6.07, 6.45) is 2.64. The van der Waals surface area contributed by atoms with Crippen LogP contribution in [0.2, 0.25) is 0 Å². The van der Waals surface area contributed by atoms with Gasteiger partial charge in [-0.2, -0.15) is 0 Å². The number of nitrogen functional groups attached to an aromatic ring is 1. The molecule has 1 aromatic rings. The lowest BCUT2D eigenvalue weighted by Crippen LogP contribution is -2.53. The average Bonchev–Trinajstić information content (AvgIpc) is 2.30. The first-order chi connectivity index (χ1) is 7.81. The quantitative estimate of drug-likeness (QED) is 0.782. The number of hydrogen-bond donors (Lipinski definition) is 2. The van der Waals surface area contributed by atoms with Gasteiger partial charge in [-0.25, -0.2) is 4.98 Å². The van der Waals surface area contributed by atoms with Gasteiger partial charge in [0, 0.05) is 12.6 Å². The number of nitrogens with one attached hydrogen (secondary N) is 1. The number of anilines is 2. The smallest absolute Gasteiger partial charge is 0.128 e. The second-order valence-electron chi connectivity index (χ2n) is 4.84. The number of aromatic nitrogens is 1. The van der Waals surface area contributed by atoms with Crippen molar-refractivity contribution in [3.63, 3.8) is 0 Å². The van der Waals surface area contributed by atoms with Gasteiger partial charge in [-0.05, 0) is 44.0 Å². The highest BCUT2D eigenvalue weighted by Gasteiger charge is 2.33. The molecule has 4 rings (SSSR count). The van der Waals surface area contributed by atoms with Crippen LogP contribution in [0.25, 0.3) is 0 Å². The lowest BCUT2D eigenvalue weighted by molar-refractivity contribution is 0.0974. The Balaban J connectivity index is 1.71. The Morgan fingerprint density at radius 2 is 2.12 bits per heavy atom. The van der Waals surface area contributed by atoms with Crippen molar-refractivity contribution in [3.8, 4) is 0 Å². The number of pyridine rings is 1. The molecule has 0 saturated carbocycles. The fraction of sp³-hybridized carbons (Fsp3) is 0.583. The summed E-state index contributed by atoms with van der Waals surface area (Å²) < 4.78 is 0. The number of nitrogens with zero attached hydrogens (tertiary/aromatic N) is 2. The zero-order valence-corrected chi connectivity index (χ0v) is 9.39. The molecular weight excluding hydrogens is 200 g/mol. The van der Waals surface area contributed by atoms with E-state index in [9.17, 15) is 0 Å². The number of fused-ring (bicyclic) bond motifs is 3. The molecule has 4 heterocycles. The summed E-state index contributed by atoms with van der Waals surface area (Å²) in [6.45, 7) is 3.70. The first kappa shape index (κ1) is 9.90. The Morgan fingerprint density at radius 1 is 1.31 bits per heavy atom. The molecule has 2 bridgehead atoms. The van der Waals surface area contributed by atoms with Crippen LogP contribution in [-0.2, 0) is 0 Å². The summed E-state index contributed by atoms with van der Waals surface area (Å²) in [5.41, 5.74) is 5.68. The normalized spacial score (nSPS) is 32.6. The molecule has 3 N–H and O–H groups in total. The SMILES string of the molecule is Nc1cccc(NC2CN3CCC2CC3)n1. The summed E-state index contributed by atoms with van der Waals surface area (Å²) in [5, 5.41) is 3.52. The number of hydrogen-bond acceptors (Lipinski definition) is 4. The van der Waals surface area contributed by atoms with Crippen molar-refractivity contribution in [1.82, 2.24) is 9.88 Å². The largest absolute Gasteiger partial charge is 0.384 e. The van der Waals surface area contributed by atoms with E-state index in [4.69, 9.17) is 5.73 Å². The lowest BCUT2D eigenvalue weighted by Gasteiger charge is -2.45. The van der Waals surface area contributed by atoms with Gasteiger partial charge in [0.1, 0.15) is 11.6 Å². The molecule has 4 nitrogen and oxygen atoms in total. The molecule has 3 saturated heterocycles. The molecule has 0 radical (unpaired) electrons. The maximum absolute atomic E-state index is 5.68. The van der Waals surface area contributed by atoms with E-state index >= 15 is 0 Å². The minimum atomic E-state index is 0.553. The summed E-state index contributed by atoms with van der Waals surface area (Å²) >= 11 is 0. The van der Waals surface area contributed by atoms with Gasteiger partial charge in [0.15, 0.2) is 0 Å². The summed E-state index contributed by atoms with van der Waals surface area (Å²) in [4.78, 5) is 6.83. The molecule has 0 aliphatic carbocycles. The van der Waals surface area contributed by atoms with Gasteiger partial charge in [0.25, 0.3) is 0 Å². The number of rotatable bonds is 2. The van der Waals surface area contributed by atoms with E-state index in [-0.39, 0.29) is 0 Å². The first-order valence-electron chi connectivity index (χ1n) is 6.03. The van der Waals surface area contributed by atoms with Crippen LogP contribution in [0.3, 0.4) is 0 Å². The Bertz CT molecular complexity index is 371. The summed E-state index contributed by atoms with van der Waals surface area (Å²) in [5.74, 6) is 2.32. The molecule has 3 aliphatic rings. The summed E-state index contributed by atoms with van der Waals surface area (Å²) in [7, 11) is 0. The molecular formula is C12H18N4. The van der Waals surface area contributed by atoms with Crippen molar-refractivity contribution in [2.24, 2.45) is 5.92 Å². The highest BCUT2D eigenvalue weighted by atomic mass is 15.2. The van der Waals surface area contributed by atoms with Gasteiger partial charge in [0.2, 0.25) is 0 Å². The highest BCUT2D eigenvalue weighted by molar-refractivity contribution is 5.43. The van der Waals surface area contributed by atoms with Gasteiger partial charge < -0.3 is 16.0 Å². The van der Waals surface area contributed by atoms with E-state index in [2.05, 4.69) is 15.2 Å². The third-order valence-electron chi connectivity index (χ3n) is 3.76.